The molecule has 0 aromatic heterocycles. The van der Waals surface area contributed by atoms with E-state index in [9.17, 15) is 8.42 Å². The molecule has 0 aromatic rings. The van der Waals surface area contributed by atoms with Crippen LogP contribution < -0.4 is 4.72 Å². The molecule has 0 radical (unpaired) electrons. The van der Waals surface area contributed by atoms with Crippen LogP contribution in [0.5, 0.6) is 0 Å². The van der Waals surface area contributed by atoms with Crippen LogP contribution >= 0.6 is 0 Å². The zero-order valence-corrected chi connectivity index (χ0v) is 12.4. The number of rotatable bonds is 4. The molecule has 6 heteroatoms. The molecular formula is C12H24N2O3S. The first-order valence-corrected chi connectivity index (χ1v) is 8.20. The Morgan fingerprint density at radius 2 is 2.11 bits per heavy atom. The van der Waals surface area contributed by atoms with Crippen LogP contribution in [0.1, 0.15) is 40.0 Å². The quantitative estimate of drug-likeness (QED) is 0.607. The number of nitrogens with zero attached hydrogens (tertiary/aromatic N) is 1. The highest BCUT2D eigenvalue weighted by Gasteiger charge is 2.35. The van der Waals surface area contributed by atoms with Crippen molar-refractivity contribution in [2.75, 3.05) is 12.8 Å². The van der Waals surface area contributed by atoms with Gasteiger partial charge in [-0.3, -0.25) is 0 Å². The van der Waals surface area contributed by atoms with E-state index < -0.39 is 10.0 Å². The third-order valence-electron chi connectivity index (χ3n) is 3.98. The highest BCUT2D eigenvalue weighted by Crippen LogP contribution is 2.39. The first kappa shape index (κ1) is 15.4. The van der Waals surface area contributed by atoms with Gasteiger partial charge in [0.25, 0.3) is 0 Å². The van der Waals surface area contributed by atoms with Crippen molar-refractivity contribution in [3.05, 3.63) is 0 Å². The fourth-order valence-corrected chi connectivity index (χ4v) is 3.20. The van der Waals surface area contributed by atoms with E-state index in [1.807, 2.05) is 0 Å². The molecule has 0 heterocycles. The lowest BCUT2D eigenvalue weighted by molar-refractivity contribution is 0.168. The zero-order chi connectivity index (χ0) is 14.0. The summed E-state index contributed by atoms with van der Waals surface area (Å²) in [6.07, 6.45) is 3.87. The van der Waals surface area contributed by atoms with Gasteiger partial charge in [-0.25, -0.2) is 13.1 Å². The Balaban J connectivity index is 2.64. The molecule has 0 aliphatic heterocycles. The van der Waals surface area contributed by atoms with Crippen LogP contribution in [0, 0.1) is 17.3 Å². The number of oxime groups is 1. The predicted octanol–water partition coefficient (Wildman–Crippen LogP) is 1.83. The van der Waals surface area contributed by atoms with Crippen molar-refractivity contribution < 1.29 is 13.6 Å². The molecule has 5 nitrogen and oxygen atoms in total. The average molecular weight is 276 g/mol. The molecule has 0 saturated heterocycles. The number of hydrogen-bond acceptors (Lipinski definition) is 4. The molecule has 0 bridgehead atoms. The van der Waals surface area contributed by atoms with Gasteiger partial charge < -0.3 is 5.21 Å². The Kier molecular flexibility index (Phi) is 4.78. The first-order chi connectivity index (χ1) is 8.15. The number of hydrogen-bond donors (Lipinski definition) is 2. The zero-order valence-electron chi connectivity index (χ0n) is 11.6. The van der Waals surface area contributed by atoms with Gasteiger partial charge in [-0.05, 0) is 36.5 Å². The lowest BCUT2D eigenvalue weighted by Crippen LogP contribution is -2.41. The molecule has 2 unspecified atom stereocenters. The SMILES string of the molecule is CC1CC(C(C)(C)CNS(C)(=O)=O)CC/C1=N/O. The summed E-state index contributed by atoms with van der Waals surface area (Å²) < 4.78 is 24.9. The van der Waals surface area contributed by atoms with E-state index in [0.29, 0.717) is 12.5 Å². The second kappa shape index (κ2) is 5.57. The molecule has 2 N–H and O–H groups in total. The Labute approximate surface area is 110 Å². The van der Waals surface area contributed by atoms with Crippen molar-refractivity contribution in [2.24, 2.45) is 22.4 Å². The summed E-state index contributed by atoms with van der Waals surface area (Å²) in [5, 5.41) is 12.2. The summed E-state index contributed by atoms with van der Waals surface area (Å²) in [7, 11) is -3.14. The molecule has 0 spiro atoms. The van der Waals surface area contributed by atoms with Gasteiger partial charge in [0.1, 0.15) is 0 Å². The predicted molar refractivity (Wildman–Crippen MR) is 72.4 cm³/mol. The van der Waals surface area contributed by atoms with Crippen LogP contribution in [-0.2, 0) is 10.0 Å². The topological polar surface area (TPSA) is 78.8 Å². The summed E-state index contributed by atoms with van der Waals surface area (Å²) in [6.45, 7) is 6.68. The fourth-order valence-electron chi connectivity index (χ4n) is 2.57. The van der Waals surface area contributed by atoms with Gasteiger partial charge in [0.15, 0.2) is 0 Å². The highest BCUT2D eigenvalue weighted by molar-refractivity contribution is 7.88. The van der Waals surface area contributed by atoms with E-state index in [1.165, 1.54) is 6.26 Å². The fraction of sp³-hybridized carbons (Fsp3) is 0.917. The Bertz CT molecular complexity index is 415. The van der Waals surface area contributed by atoms with E-state index in [2.05, 4.69) is 30.6 Å². The molecule has 106 valence electrons. The van der Waals surface area contributed by atoms with Crippen LogP contribution in [0.3, 0.4) is 0 Å². The van der Waals surface area contributed by atoms with Crippen molar-refractivity contribution in [3.63, 3.8) is 0 Å². The third-order valence-corrected chi connectivity index (χ3v) is 4.65. The number of nitrogens with one attached hydrogen (secondary N) is 1. The standard InChI is InChI=1S/C12H24N2O3S/c1-9-7-10(5-6-11(9)14-15)12(2,3)8-13-18(4,16)17/h9-10,13,15H,5-8H2,1-4H3/b14-11-. The van der Waals surface area contributed by atoms with Crippen LogP contribution in [-0.4, -0.2) is 32.1 Å². The Morgan fingerprint density at radius 1 is 1.50 bits per heavy atom. The van der Waals surface area contributed by atoms with E-state index in [0.717, 1.165) is 25.0 Å². The van der Waals surface area contributed by atoms with Gasteiger partial charge in [0.05, 0.1) is 12.0 Å². The second-order valence-corrected chi connectivity index (χ2v) is 7.88. The van der Waals surface area contributed by atoms with E-state index in [4.69, 9.17) is 5.21 Å². The van der Waals surface area contributed by atoms with Gasteiger partial charge in [-0.15, -0.1) is 0 Å². The van der Waals surface area contributed by atoms with Crippen LogP contribution in [0.25, 0.3) is 0 Å². The lowest BCUT2D eigenvalue weighted by atomic mass is 9.68. The minimum Gasteiger partial charge on any atom is -0.411 e. The summed E-state index contributed by atoms with van der Waals surface area (Å²) in [5.41, 5.74) is 0.774. The smallest absolute Gasteiger partial charge is 0.208 e. The van der Waals surface area contributed by atoms with Crippen LogP contribution in [0.15, 0.2) is 5.16 Å². The second-order valence-electron chi connectivity index (χ2n) is 6.05. The summed E-state index contributed by atoms with van der Waals surface area (Å²) >= 11 is 0. The molecule has 0 aromatic carbocycles. The molecule has 1 saturated carbocycles. The van der Waals surface area contributed by atoms with Crippen molar-refractivity contribution in [1.29, 1.82) is 0 Å². The van der Waals surface area contributed by atoms with E-state index in [-0.39, 0.29) is 11.3 Å². The van der Waals surface area contributed by atoms with Gasteiger partial charge in [0, 0.05) is 6.54 Å². The summed E-state index contributed by atoms with van der Waals surface area (Å²) in [4.78, 5) is 0. The largest absolute Gasteiger partial charge is 0.411 e. The highest BCUT2D eigenvalue weighted by atomic mass is 32.2. The average Bonchev–Trinajstić information content (AvgIpc) is 2.25. The van der Waals surface area contributed by atoms with Gasteiger partial charge >= 0.3 is 0 Å². The van der Waals surface area contributed by atoms with Gasteiger partial charge in [0.2, 0.25) is 10.0 Å². The molecule has 0 amide bonds. The normalized spacial score (nSPS) is 28.6. The lowest BCUT2D eigenvalue weighted by Gasteiger charge is -2.39. The summed E-state index contributed by atoms with van der Waals surface area (Å²) in [5.74, 6) is 0.707. The van der Waals surface area contributed by atoms with Crippen molar-refractivity contribution in [3.8, 4) is 0 Å². The van der Waals surface area contributed by atoms with Crippen LogP contribution in [0.2, 0.25) is 0 Å². The maximum Gasteiger partial charge on any atom is 0.208 e. The van der Waals surface area contributed by atoms with Gasteiger partial charge in [-0.2, -0.15) is 0 Å². The maximum atomic E-state index is 11.2. The molecular weight excluding hydrogens is 252 g/mol. The van der Waals surface area contributed by atoms with E-state index in [1.54, 1.807) is 0 Å². The summed E-state index contributed by atoms with van der Waals surface area (Å²) in [6, 6.07) is 0. The van der Waals surface area contributed by atoms with Crippen molar-refractivity contribution in [2.45, 2.75) is 40.0 Å². The molecule has 1 aliphatic rings. The van der Waals surface area contributed by atoms with Crippen molar-refractivity contribution in [1.82, 2.24) is 4.72 Å². The van der Waals surface area contributed by atoms with Crippen molar-refractivity contribution >= 4 is 15.7 Å². The minimum atomic E-state index is -3.14. The molecule has 18 heavy (non-hydrogen) atoms. The first-order valence-electron chi connectivity index (χ1n) is 6.31. The molecule has 2 atom stereocenters. The van der Waals surface area contributed by atoms with Gasteiger partial charge in [-0.1, -0.05) is 25.9 Å². The third kappa shape index (κ3) is 4.24. The molecule has 1 rings (SSSR count). The Hall–Kier alpha value is -0.620. The monoisotopic (exact) mass is 276 g/mol. The maximum absolute atomic E-state index is 11.2. The van der Waals surface area contributed by atoms with E-state index >= 15 is 0 Å². The Morgan fingerprint density at radius 3 is 2.56 bits per heavy atom. The molecule has 1 fully saturated rings. The van der Waals surface area contributed by atoms with Crippen LogP contribution in [0.4, 0.5) is 0 Å². The number of sulfonamides is 1. The minimum absolute atomic E-state index is 0.0850. The molecule has 1 aliphatic carbocycles.